The van der Waals surface area contributed by atoms with E-state index in [9.17, 15) is 18.0 Å². The van der Waals surface area contributed by atoms with Gasteiger partial charge in [-0.2, -0.15) is 0 Å². The highest BCUT2D eigenvalue weighted by Crippen LogP contribution is 2.20. The number of primary sulfonamides is 1. The molecule has 7 nitrogen and oxygen atoms in total. The summed E-state index contributed by atoms with van der Waals surface area (Å²) in [7, 11) is -2.67. The lowest BCUT2D eigenvalue weighted by Crippen LogP contribution is -2.17. The first kappa shape index (κ1) is 18.6. The zero-order chi connectivity index (χ0) is 18.8. The summed E-state index contributed by atoms with van der Waals surface area (Å²) in [4.78, 5) is 23.9. The first-order valence-corrected chi connectivity index (χ1v) is 8.82. The van der Waals surface area contributed by atoms with E-state index in [0.717, 1.165) is 5.56 Å². The Kier molecular flexibility index (Phi) is 5.24. The van der Waals surface area contributed by atoms with Gasteiger partial charge < -0.3 is 10.1 Å². The normalized spacial score (nSPS) is 11.0. The molecule has 0 fully saturated rings. The fourth-order valence-corrected chi connectivity index (χ4v) is 3.05. The minimum Gasteiger partial charge on any atom is -0.465 e. The van der Waals surface area contributed by atoms with E-state index in [1.54, 1.807) is 26.0 Å². The minimum absolute atomic E-state index is 0.111. The van der Waals surface area contributed by atoms with Crippen LogP contribution >= 0.6 is 0 Å². The summed E-state index contributed by atoms with van der Waals surface area (Å²) in [5.74, 6) is -1.04. The number of amides is 1. The van der Waals surface area contributed by atoms with Gasteiger partial charge in [0.2, 0.25) is 10.0 Å². The van der Waals surface area contributed by atoms with Crippen LogP contribution in [0.2, 0.25) is 0 Å². The van der Waals surface area contributed by atoms with Gasteiger partial charge in [-0.15, -0.1) is 0 Å². The monoisotopic (exact) mass is 362 g/mol. The lowest BCUT2D eigenvalue weighted by molar-refractivity contribution is 0.0600. The molecule has 0 saturated heterocycles. The molecule has 0 aliphatic heterocycles. The van der Waals surface area contributed by atoms with Crippen molar-refractivity contribution in [2.75, 3.05) is 12.4 Å². The molecule has 2 aromatic rings. The van der Waals surface area contributed by atoms with Crippen molar-refractivity contribution in [3.05, 3.63) is 58.7 Å². The SMILES string of the molecule is COC(=O)c1ccc(C)c(NC(=O)c2ccc(C)c(S(N)(=O)=O)c2)c1. The Hall–Kier alpha value is -2.71. The predicted octanol–water partition coefficient (Wildman–Crippen LogP) is 1.99. The average molecular weight is 362 g/mol. The standard InChI is InChI=1S/C17H18N2O5S/c1-10-4-7-13(17(21)24-3)8-14(10)19-16(20)12-6-5-11(2)15(9-12)25(18,22)23/h4-9H,1-3H3,(H,19,20)(H2,18,22,23). The number of aryl methyl sites for hydroxylation is 2. The van der Waals surface area contributed by atoms with Crippen LogP contribution in [0.1, 0.15) is 31.8 Å². The van der Waals surface area contributed by atoms with E-state index < -0.39 is 21.9 Å². The third-order valence-corrected chi connectivity index (χ3v) is 4.72. The number of benzene rings is 2. The molecule has 0 aromatic heterocycles. The van der Waals surface area contributed by atoms with Gasteiger partial charge in [-0.05, 0) is 49.2 Å². The van der Waals surface area contributed by atoms with Crippen LogP contribution in [-0.2, 0) is 14.8 Å². The van der Waals surface area contributed by atoms with Gasteiger partial charge in [0.1, 0.15) is 0 Å². The second-order valence-corrected chi connectivity index (χ2v) is 7.03. The summed E-state index contributed by atoms with van der Waals surface area (Å²) >= 11 is 0. The van der Waals surface area contributed by atoms with E-state index >= 15 is 0 Å². The number of carbonyl (C=O) groups is 2. The number of nitrogens with two attached hydrogens (primary N) is 1. The van der Waals surface area contributed by atoms with Crippen LogP contribution in [0.25, 0.3) is 0 Å². The molecule has 0 spiro atoms. The summed E-state index contributed by atoms with van der Waals surface area (Å²) in [5.41, 5.74) is 2.03. The fourth-order valence-electron chi connectivity index (χ4n) is 2.24. The van der Waals surface area contributed by atoms with Crippen molar-refractivity contribution in [3.8, 4) is 0 Å². The predicted molar refractivity (Wildman–Crippen MR) is 93.0 cm³/mol. The second kappa shape index (κ2) is 7.04. The van der Waals surface area contributed by atoms with Crippen molar-refractivity contribution in [2.24, 2.45) is 5.14 Å². The molecular formula is C17H18N2O5S. The molecule has 25 heavy (non-hydrogen) atoms. The Morgan fingerprint density at radius 1 is 1.00 bits per heavy atom. The highest BCUT2D eigenvalue weighted by Gasteiger charge is 2.16. The molecular weight excluding hydrogens is 344 g/mol. The molecule has 8 heteroatoms. The highest BCUT2D eigenvalue weighted by molar-refractivity contribution is 7.89. The van der Waals surface area contributed by atoms with E-state index in [0.29, 0.717) is 11.3 Å². The number of nitrogens with one attached hydrogen (secondary N) is 1. The number of sulfonamides is 1. The Morgan fingerprint density at radius 3 is 2.20 bits per heavy atom. The van der Waals surface area contributed by atoms with E-state index in [1.807, 2.05) is 0 Å². The van der Waals surface area contributed by atoms with Crippen molar-refractivity contribution in [1.82, 2.24) is 0 Å². The third kappa shape index (κ3) is 4.23. The quantitative estimate of drug-likeness (QED) is 0.807. The Morgan fingerprint density at radius 2 is 1.60 bits per heavy atom. The maximum absolute atomic E-state index is 12.4. The van der Waals surface area contributed by atoms with Gasteiger partial charge in [-0.1, -0.05) is 12.1 Å². The van der Waals surface area contributed by atoms with Crippen LogP contribution in [0.4, 0.5) is 5.69 Å². The smallest absolute Gasteiger partial charge is 0.337 e. The van der Waals surface area contributed by atoms with Gasteiger partial charge in [0, 0.05) is 11.3 Å². The van der Waals surface area contributed by atoms with E-state index in [-0.39, 0.29) is 16.0 Å². The molecule has 0 bridgehead atoms. The lowest BCUT2D eigenvalue weighted by atomic mass is 10.1. The Bertz CT molecular complexity index is 952. The van der Waals surface area contributed by atoms with Crippen LogP contribution < -0.4 is 10.5 Å². The molecule has 0 unspecified atom stereocenters. The molecule has 1 amide bonds. The first-order chi connectivity index (χ1) is 11.6. The van der Waals surface area contributed by atoms with E-state index in [1.165, 1.54) is 31.4 Å². The number of rotatable bonds is 4. The van der Waals surface area contributed by atoms with Crippen LogP contribution in [0, 0.1) is 13.8 Å². The van der Waals surface area contributed by atoms with Gasteiger partial charge in [0.15, 0.2) is 0 Å². The van der Waals surface area contributed by atoms with Crippen LogP contribution in [0.3, 0.4) is 0 Å². The Balaban J connectivity index is 2.36. The highest BCUT2D eigenvalue weighted by atomic mass is 32.2. The molecule has 0 aliphatic rings. The fraction of sp³-hybridized carbons (Fsp3) is 0.176. The van der Waals surface area contributed by atoms with Crippen molar-refractivity contribution >= 4 is 27.6 Å². The van der Waals surface area contributed by atoms with E-state index in [2.05, 4.69) is 10.1 Å². The first-order valence-electron chi connectivity index (χ1n) is 7.27. The molecule has 0 atom stereocenters. The number of carbonyl (C=O) groups excluding carboxylic acids is 2. The van der Waals surface area contributed by atoms with Crippen molar-refractivity contribution in [3.63, 3.8) is 0 Å². The van der Waals surface area contributed by atoms with Crippen molar-refractivity contribution < 1.29 is 22.7 Å². The van der Waals surface area contributed by atoms with Crippen LogP contribution in [0.15, 0.2) is 41.3 Å². The zero-order valence-electron chi connectivity index (χ0n) is 14.0. The molecule has 2 rings (SSSR count). The molecule has 3 N–H and O–H groups in total. The van der Waals surface area contributed by atoms with E-state index in [4.69, 9.17) is 5.14 Å². The summed E-state index contributed by atoms with van der Waals surface area (Å²) in [6.07, 6.45) is 0. The molecule has 0 aliphatic carbocycles. The molecule has 0 radical (unpaired) electrons. The van der Waals surface area contributed by atoms with Gasteiger partial charge in [0.25, 0.3) is 5.91 Å². The second-order valence-electron chi connectivity index (χ2n) is 5.50. The van der Waals surface area contributed by atoms with Crippen LogP contribution in [-0.4, -0.2) is 27.4 Å². The summed E-state index contributed by atoms with van der Waals surface area (Å²) < 4.78 is 27.8. The number of methoxy groups -OCH3 is 1. The average Bonchev–Trinajstić information content (AvgIpc) is 2.55. The van der Waals surface area contributed by atoms with Gasteiger partial charge in [-0.3, -0.25) is 4.79 Å². The number of hydrogen-bond acceptors (Lipinski definition) is 5. The van der Waals surface area contributed by atoms with Gasteiger partial charge in [0.05, 0.1) is 17.6 Å². The van der Waals surface area contributed by atoms with Crippen LogP contribution in [0.5, 0.6) is 0 Å². The number of anilines is 1. The third-order valence-electron chi connectivity index (χ3n) is 3.66. The number of hydrogen-bond donors (Lipinski definition) is 2. The Labute approximate surface area is 145 Å². The summed E-state index contributed by atoms with van der Waals surface area (Å²) in [6.45, 7) is 3.35. The van der Waals surface area contributed by atoms with Crippen molar-refractivity contribution in [2.45, 2.75) is 18.7 Å². The zero-order valence-corrected chi connectivity index (χ0v) is 14.8. The topological polar surface area (TPSA) is 116 Å². The number of ether oxygens (including phenoxy) is 1. The maximum Gasteiger partial charge on any atom is 0.337 e. The molecule has 2 aromatic carbocycles. The number of esters is 1. The maximum atomic E-state index is 12.4. The minimum atomic E-state index is -3.93. The molecule has 0 saturated carbocycles. The summed E-state index contributed by atoms with van der Waals surface area (Å²) in [5, 5.41) is 7.82. The molecule has 132 valence electrons. The lowest BCUT2D eigenvalue weighted by Gasteiger charge is -2.11. The van der Waals surface area contributed by atoms with Crippen molar-refractivity contribution in [1.29, 1.82) is 0 Å². The molecule has 0 heterocycles. The van der Waals surface area contributed by atoms with Gasteiger partial charge in [-0.25, -0.2) is 18.4 Å². The summed E-state index contributed by atoms with van der Waals surface area (Å²) in [6, 6.07) is 8.98. The van der Waals surface area contributed by atoms with Gasteiger partial charge >= 0.3 is 5.97 Å². The largest absolute Gasteiger partial charge is 0.465 e.